The fourth-order valence-corrected chi connectivity index (χ4v) is 2.67. The van der Waals surface area contributed by atoms with Gasteiger partial charge in [0, 0.05) is 0 Å². The van der Waals surface area contributed by atoms with Gasteiger partial charge in [0.1, 0.15) is 5.75 Å². The maximum Gasteiger partial charge on any atom is 0.119 e. The molecule has 2 heteroatoms. The standard InChI is InChI=1S/C20H25ClO.CH4/c1-3-4-5-6-15-22-19-13-11-18(12-14-19)20(21)17-9-7-16(2)8-10-17;/h7-14,20H,3-6,15H2,1-2H3;1H4. The van der Waals surface area contributed by atoms with Gasteiger partial charge in [-0.05, 0) is 36.6 Å². The van der Waals surface area contributed by atoms with Crippen LogP contribution in [0.4, 0.5) is 0 Å². The number of alkyl halides is 1. The minimum atomic E-state index is -0.112. The summed E-state index contributed by atoms with van der Waals surface area (Å²) in [6.07, 6.45) is 4.90. The number of unbranched alkanes of at least 4 members (excludes halogenated alkanes) is 3. The number of hydrogen-bond donors (Lipinski definition) is 0. The Labute approximate surface area is 146 Å². The molecule has 23 heavy (non-hydrogen) atoms. The van der Waals surface area contributed by atoms with E-state index < -0.39 is 0 Å². The summed E-state index contributed by atoms with van der Waals surface area (Å²) in [5.74, 6) is 0.924. The van der Waals surface area contributed by atoms with Crippen molar-refractivity contribution in [3.8, 4) is 5.75 Å². The Morgan fingerprint density at radius 2 is 1.43 bits per heavy atom. The largest absolute Gasteiger partial charge is 0.494 e. The molecule has 2 rings (SSSR count). The van der Waals surface area contributed by atoms with Gasteiger partial charge in [0.25, 0.3) is 0 Å². The summed E-state index contributed by atoms with van der Waals surface area (Å²) < 4.78 is 5.77. The van der Waals surface area contributed by atoms with Crippen molar-refractivity contribution in [1.82, 2.24) is 0 Å². The molecule has 0 fully saturated rings. The van der Waals surface area contributed by atoms with Gasteiger partial charge >= 0.3 is 0 Å². The zero-order chi connectivity index (χ0) is 15.8. The van der Waals surface area contributed by atoms with Gasteiger partial charge in [-0.1, -0.05) is 75.6 Å². The van der Waals surface area contributed by atoms with E-state index in [1.165, 1.54) is 24.8 Å². The lowest BCUT2D eigenvalue weighted by molar-refractivity contribution is 0.305. The van der Waals surface area contributed by atoms with Crippen molar-refractivity contribution in [3.05, 3.63) is 65.2 Å². The molecule has 1 nitrogen and oxygen atoms in total. The highest BCUT2D eigenvalue weighted by molar-refractivity contribution is 6.22. The molecule has 0 amide bonds. The van der Waals surface area contributed by atoms with E-state index in [0.717, 1.165) is 29.9 Å². The summed E-state index contributed by atoms with van der Waals surface area (Å²) in [5.41, 5.74) is 3.48. The van der Waals surface area contributed by atoms with E-state index in [2.05, 4.69) is 50.2 Å². The molecule has 0 heterocycles. The van der Waals surface area contributed by atoms with Crippen LogP contribution in [0.25, 0.3) is 0 Å². The van der Waals surface area contributed by atoms with E-state index in [0.29, 0.717) is 0 Å². The number of aryl methyl sites for hydroxylation is 1. The van der Waals surface area contributed by atoms with Crippen LogP contribution in [0.15, 0.2) is 48.5 Å². The average Bonchev–Trinajstić information content (AvgIpc) is 2.55. The monoisotopic (exact) mass is 332 g/mol. The molecule has 0 radical (unpaired) electrons. The molecule has 0 aliphatic heterocycles. The van der Waals surface area contributed by atoms with Crippen molar-refractivity contribution in [1.29, 1.82) is 0 Å². The molecule has 0 N–H and O–H groups in total. The first kappa shape index (κ1) is 19.6. The Balaban J connectivity index is 0.00000264. The number of rotatable bonds is 8. The van der Waals surface area contributed by atoms with Crippen molar-refractivity contribution in [2.24, 2.45) is 0 Å². The van der Waals surface area contributed by atoms with Crippen LogP contribution in [-0.4, -0.2) is 6.61 Å². The Morgan fingerprint density at radius 1 is 0.870 bits per heavy atom. The van der Waals surface area contributed by atoms with Gasteiger partial charge in [0.15, 0.2) is 0 Å². The smallest absolute Gasteiger partial charge is 0.119 e. The minimum Gasteiger partial charge on any atom is -0.494 e. The minimum absolute atomic E-state index is 0. The molecule has 2 aromatic carbocycles. The normalized spacial score (nSPS) is 11.6. The molecule has 0 aliphatic carbocycles. The van der Waals surface area contributed by atoms with Gasteiger partial charge < -0.3 is 4.74 Å². The molecule has 0 aliphatic rings. The van der Waals surface area contributed by atoms with Crippen LogP contribution in [0.3, 0.4) is 0 Å². The summed E-state index contributed by atoms with van der Waals surface area (Å²) in [6, 6.07) is 16.5. The van der Waals surface area contributed by atoms with Gasteiger partial charge in [-0.3, -0.25) is 0 Å². The number of benzene rings is 2. The summed E-state index contributed by atoms with van der Waals surface area (Å²) in [5, 5.41) is -0.112. The van der Waals surface area contributed by atoms with E-state index >= 15 is 0 Å². The van der Waals surface area contributed by atoms with Crippen LogP contribution in [0, 0.1) is 6.92 Å². The molecule has 0 bridgehead atoms. The number of halogens is 1. The van der Waals surface area contributed by atoms with Crippen LogP contribution < -0.4 is 4.74 Å². The zero-order valence-corrected chi connectivity index (χ0v) is 14.3. The lowest BCUT2D eigenvalue weighted by Crippen LogP contribution is -1.98. The SMILES string of the molecule is C.CCCCCCOc1ccc(C(Cl)c2ccc(C)cc2)cc1. The molecule has 126 valence electrons. The fraction of sp³-hybridized carbons (Fsp3) is 0.429. The third-order valence-electron chi connectivity index (χ3n) is 3.81. The number of ether oxygens (including phenoxy) is 1. The van der Waals surface area contributed by atoms with Crippen LogP contribution in [0.1, 0.15) is 62.1 Å². The first-order chi connectivity index (χ1) is 10.7. The maximum absolute atomic E-state index is 6.56. The van der Waals surface area contributed by atoms with Crippen LogP contribution in [-0.2, 0) is 0 Å². The highest BCUT2D eigenvalue weighted by Gasteiger charge is 2.10. The highest BCUT2D eigenvalue weighted by Crippen LogP contribution is 2.30. The molecule has 0 spiro atoms. The zero-order valence-electron chi connectivity index (χ0n) is 13.5. The van der Waals surface area contributed by atoms with Crippen molar-refractivity contribution < 1.29 is 4.74 Å². The molecule has 0 aromatic heterocycles. The van der Waals surface area contributed by atoms with Crippen LogP contribution in [0.2, 0.25) is 0 Å². The summed E-state index contributed by atoms with van der Waals surface area (Å²) in [6.45, 7) is 5.09. The highest BCUT2D eigenvalue weighted by atomic mass is 35.5. The second kappa shape index (κ2) is 10.3. The predicted molar refractivity (Wildman–Crippen MR) is 102 cm³/mol. The van der Waals surface area contributed by atoms with Gasteiger partial charge in [-0.2, -0.15) is 0 Å². The van der Waals surface area contributed by atoms with Crippen molar-refractivity contribution in [3.63, 3.8) is 0 Å². The second-order valence-corrected chi connectivity index (χ2v) is 6.19. The van der Waals surface area contributed by atoms with E-state index in [4.69, 9.17) is 16.3 Å². The van der Waals surface area contributed by atoms with E-state index in [-0.39, 0.29) is 12.8 Å². The molecule has 1 unspecified atom stereocenters. The average molecular weight is 333 g/mol. The quantitative estimate of drug-likeness (QED) is 0.376. The molecule has 1 atom stereocenters. The fourth-order valence-electron chi connectivity index (χ4n) is 2.38. The van der Waals surface area contributed by atoms with Gasteiger partial charge in [-0.25, -0.2) is 0 Å². The number of hydrogen-bond acceptors (Lipinski definition) is 1. The lowest BCUT2D eigenvalue weighted by Gasteiger charge is -2.12. The predicted octanol–water partition coefficient (Wildman–Crippen LogP) is 6.92. The van der Waals surface area contributed by atoms with Gasteiger partial charge in [0.05, 0.1) is 12.0 Å². The summed E-state index contributed by atoms with van der Waals surface area (Å²) in [7, 11) is 0. The Morgan fingerprint density at radius 3 is 2.00 bits per heavy atom. The molecular formula is C21H29ClO. The van der Waals surface area contributed by atoms with E-state index in [9.17, 15) is 0 Å². The van der Waals surface area contributed by atoms with Crippen molar-refractivity contribution in [2.45, 2.75) is 52.3 Å². The molecular weight excluding hydrogens is 304 g/mol. The maximum atomic E-state index is 6.56. The lowest BCUT2D eigenvalue weighted by atomic mass is 10.0. The Hall–Kier alpha value is -1.47. The first-order valence-electron chi connectivity index (χ1n) is 8.14. The Kier molecular flexibility index (Phi) is 8.79. The van der Waals surface area contributed by atoms with Crippen LogP contribution >= 0.6 is 11.6 Å². The van der Waals surface area contributed by atoms with Crippen molar-refractivity contribution in [2.75, 3.05) is 6.61 Å². The first-order valence-corrected chi connectivity index (χ1v) is 8.57. The van der Waals surface area contributed by atoms with Crippen LogP contribution in [0.5, 0.6) is 5.75 Å². The van der Waals surface area contributed by atoms with E-state index in [1.807, 2.05) is 12.1 Å². The molecule has 2 aromatic rings. The molecule has 0 saturated carbocycles. The van der Waals surface area contributed by atoms with Gasteiger partial charge in [0.2, 0.25) is 0 Å². The molecule has 0 saturated heterocycles. The van der Waals surface area contributed by atoms with Gasteiger partial charge in [-0.15, -0.1) is 11.6 Å². The summed E-state index contributed by atoms with van der Waals surface area (Å²) in [4.78, 5) is 0. The third-order valence-corrected chi connectivity index (χ3v) is 4.31. The second-order valence-electron chi connectivity index (χ2n) is 5.75. The summed E-state index contributed by atoms with van der Waals surface area (Å²) >= 11 is 6.56. The topological polar surface area (TPSA) is 9.23 Å². The third kappa shape index (κ3) is 6.27. The Bertz CT molecular complexity index is 545. The van der Waals surface area contributed by atoms with E-state index in [1.54, 1.807) is 0 Å². The van der Waals surface area contributed by atoms with Crippen molar-refractivity contribution >= 4 is 11.6 Å².